The minimum Gasteiger partial charge on any atom is -0.427 e. The van der Waals surface area contributed by atoms with Crippen LogP contribution in [0, 0.1) is 0 Å². The Morgan fingerprint density at radius 1 is 1.18 bits per heavy atom. The molecule has 1 fully saturated rings. The molecule has 0 bridgehead atoms. The number of aliphatic hydroxyl groups excluding tert-OH is 1. The predicted molar refractivity (Wildman–Crippen MR) is 84.1 cm³/mol. The topological polar surface area (TPSA) is 66.8 Å². The molecule has 1 amide bonds. The van der Waals surface area contributed by atoms with Gasteiger partial charge < -0.3 is 14.7 Å². The van der Waals surface area contributed by atoms with E-state index in [2.05, 4.69) is 15.9 Å². The third-order valence-electron chi connectivity index (χ3n) is 3.97. The van der Waals surface area contributed by atoms with E-state index < -0.39 is 12.3 Å². The van der Waals surface area contributed by atoms with Gasteiger partial charge in [-0.15, -0.1) is 0 Å². The quantitative estimate of drug-likeness (QED) is 0.816. The average Bonchev–Trinajstić information content (AvgIpc) is 2.80. The first-order valence-electron chi connectivity index (χ1n) is 7.26. The minimum atomic E-state index is -1.27. The summed E-state index contributed by atoms with van der Waals surface area (Å²) in [5.74, 6) is -0.561. The summed E-state index contributed by atoms with van der Waals surface area (Å²) in [6.45, 7) is 1.61. The van der Waals surface area contributed by atoms with Gasteiger partial charge in [0.1, 0.15) is 4.48 Å². The molecule has 116 valence electrons. The lowest BCUT2D eigenvalue weighted by molar-refractivity contribution is -0.149. The van der Waals surface area contributed by atoms with Gasteiger partial charge in [0.05, 0.1) is 0 Å². The van der Waals surface area contributed by atoms with Gasteiger partial charge >= 0.3 is 5.97 Å². The van der Waals surface area contributed by atoms with Gasteiger partial charge in [-0.05, 0) is 52.9 Å². The van der Waals surface area contributed by atoms with Gasteiger partial charge in [0.25, 0.3) is 5.91 Å². The molecule has 0 aliphatic carbocycles. The van der Waals surface area contributed by atoms with Crippen LogP contribution in [-0.2, 0) is 9.53 Å². The number of nitrogens with zero attached hydrogens (tertiary/aromatic N) is 1. The highest BCUT2D eigenvalue weighted by Gasteiger charge is 2.32. The smallest absolute Gasteiger partial charge is 0.348 e. The summed E-state index contributed by atoms with van der Waals surface area (Å²) in [4.78, 5) is 25.7. The molecule has 1 aromatic carbocycles. The molecule has 0 spiro atoms. The summed E-state index contributed by atoms with van der Waals surface area (Å²) in [5, 5.41) is 9.76. The van der Waals surface area contributed by atoms with E-state index in [1.54, 1.807) is 24.3 Å². The number of hydrogen-bond donors (Lipinski definition) is 1. The third kappa shape index (κ3) is 2.80. The van der Waals surface area contributed by atoms with Crippen LogP contribution in [-0.4, -0.2) is 41.3 Å². The molecule has 1 atom stereocenters. The molecule has 0 radical (unpaired) electrons. The molecule has 2 aliphatic rings. The van der Waals surface area contributed by atoms with Crippen molar-refractivity contribution in [2.75, 3.05) is 13.1 Å². The Morgan fingerprint density at radius 3 is 2.36 bits per heavy atom. The number of halogens is 1. The van der Waals surface area contributed by atoms with Crippen LogP contribution in [0.2, 0.25) is 0 Å². The number of benzene rings is 1. The molecule has 1 unspecified atom stereocenters. The molecule has 0 saturated carbocycles. The first kappa shape index (κ1) is 15.2. The zero-order valence-corrected chi connectivity index (χ0v) is 13.5. The number of piperidine rings is 1. The SMILES string of the molecule is O=C1OC(O)C(c2ccc(C(=O)N3CCCCC3)cc2)=C1Br. The molecule has 22 heavy (non-hydrogen) atoms. The zero-order valence-electron chi connectivity index (χ0n) is 11.9. The minimum absolute atomic E-state index is 0.0265. The van der Waals surface area contributed by atoms with Crippen LogP contribution >= 0.6 is 15.9 Å². The number of aliphatic hydroxyl groups is 1. The Morgan fingerprint density at radius 2 is 1.82 bits per heavy atom. The maximum atomic E-state index is 12.4. The Hall–Kier alpha value is -1.66. The molecular formula is C16H16BrNO4. The summed E-state index contributed by atoms with van der Waals surface area (Å²) in [6.07, 6.45) is 2.01. The van der Waals surface area contributed by atoms with Crippen molar-refractivity contribution in [2.45, 2.75) is 25.6 Å². The van der Waals surface area contributed by atoms with Crippen molar-refractivity contribution in [3.63, 3.8) is 0 Å². The number of likely N-dealkylation sites (tertiary alicyclic amines) is 1. The molecule has 2 heterocycles. The fourth-order valence-corrected chi connectivity index (χ4v) is 3.29. The van der Waals surface area contributed by atoms with Crippen molar-refractivity contribution in [3.05, 3.63) is 39.9 Å². The summed E-state index contributed by atoms with van der Waals surface area (Å²) in [7, 11) is 0. The fourth-order valence-electron chi connectivity index (χ4n) is 2.77. The first-order chi connectivity index (χ1) is 10.6. The number of esters is 1. The number of rotatable bonds is 2. The number of hydrogen-bond acceptors (Lipinski definition) is 4. The number of amides is 1. The van der Waals surface area contributed by atoms with Crippen molar-refractivity contribution in [1.29, 1.82) is 0 Å². The number of carbonyl (C=O) groups excluding carboxylic acids is 2. The van der Waals surface area contributed by atoms with Crippen LogP contribution in [0.4, 0.5) is 0 Å². The second kappa shape index (κ2) is 6.22. The van der Waals surface area contributed by atoms with Gasteiger partial charge in [0, 0.05) is 24.2 Å². The number of cyclic esters (lactones) is 1. The van der Waals surface area contributed by atoms with Gasteiger partial charge in [-0.25, -0.2) is 4.79 Å². The summed E-state index contributed by atoms with van der Waals surface area (Å²) < 4.78 is 4.95. The summed E-state index contributed by atoms with van der Waals surface area (Å²) in [5.41, 5.74) is 1.66. The van der Waals surface area contributed by atoms with E-state index in [0.717, 1.165) is 25.9 Å². The normalized spacial score (nSPS) is 22.0. The van der Waals surface area contributed by atoms with Gasteiger partial charge in [0.15, 0.2) is 0 Å². The number of carbonyl (C=O) groups is 2. The van der Waals surface area contributed by atoms with E-state index in [9.17, 15) is 14.7 Å². The predicted octanol–water partition coefficient (Wildman–Crippen LogP) is 2.29. The maximum Gasteiger partial charge on any atom is 0.348 e. The fraction of sp³-hybridized carbons (Fsp3) is 0.375. The molecule has 2 aliphatic heterocycles. The first-order valence-corrected chi connectivity index (χ1v) is 8.05. The van der Waals surface area contributed by atoms with Crippen LogP contribution in [0.1, 0.15) is 35.2 Å². The second-order valence-electron chi connectivity index (χ2n) is 5.42. The van der Waals surface area contributed by atoms with Crippen LogP contribution in [0.5, 0.6) is 0 Å². The second-order valence-corrected chi connectivity index (χ2v) is 6.21. The lowest BCUT2D eigenvalue weighted by Gasteiger charge is -2.26. The highest BCUT2D eigenvalue weighted by Crippen LogP contribution is 2.33. The van der Waals surface area contributed by atoms with Crippen molar-refractivity contribution < 1.29 is 19.4 Å². The van der Waals surface area contributed by atoms with Crippen molar-refractivity contribution >= 4 is 33.4 Å². The van der Waals surface area contributed by atoms with Gasteiger partial charge in [0.2, 0.25) is 6.29 Å². The van der Waals surface area contributed by atoms with E-state index >= 15 is 0 Å². The van der Waals surface area contributed by atoms with Gasteiger partial charge in [-0.3, -0.25) is 4.79 Å². The standard InChI is InChI=1S/C16H16BrNO4/c17-13-12(15(20)22-16(13)21)10-4-6-11(7-5-10)14(19)18-8-2-1-3-9-18/h4-7,15,20H,1-3,8-9H2. The Bertz CT molecular complexity index is 632. The van der Waals surface area contributed by atoms with Crippen LogP contribution in [0.3, 0.4) is 0 Å². The molecule has 0 aromatic heterocycles. The van der Waals surface area contributed by atoms with E-state index in [1.165, 1.54) is 6.42 Å². The van der Waals surface area contributed by atoms with Crippen LogP contribution < -0.4 is 0 Å². The van der Waals surface area contributed by atoms with E-state index in [0.29, 0.717) is 16.7 Å². The van der Waals surface area contributed by atoms with Crippen LogP contribution in [0.25, 0.3) is 5.57 Å². The third-order valence-corrected chi connectivity index (χ3v) is 4.72. The molecule has 1 N–H and O–H groups in total. The molecular weight excluding hydrogens is 350 g/mol. The number of ether oxygens (including phenoxy) is 1. The molecule has 6 heteroatoms. The zero-order chi connectivity index (χ0) is 15.7. The van der Waals surface area contributed by atoms with E-state index in [-0.39, 0.29) is 10.4 Å². The highest BCUT2D eigenvalue weighted by atomic mass is 79.9. The Labute approximate surface area is 136 Å². The lowest BCUT2D eigenvalue weighted by atomic mass is 10.0. The van der Waals surface area contributed by atoms with Crippen LogP contribution in [0.15, 0.2) is 28.7 Å². The van der Waals surface area contributed by atoms with Gasteiger partial charge in [-0.1, -0.05) is 12.1 Å². The Balaban J connectivity index is 1.81. The average molecular weight is 366 g/mol. The molecule has 5 nitrogen and oxygen atoms in total. The van der Waals surface area contributed by atoms with Crippen molar-refractivity contribution in [1.82, 2.24) is 4.90 Å². The van der Waals surface area contributed by atoms with E-state index in [4.69, 9.17) is 4.74 Å². The molecule has 3 rings (SSSR count). The van der Waals surface area contributed by atoms with Crippen molar-refractivity contribution in [2.24, 2.45) is 0 Å². The summed E-state index contributed by atoms with van der Waals surface area (Å²) in [6, 6.07) is 6.88. The Kier molecular flexibility index (Phi) is 4.31. The highest BCUT2D eigenvalue weighted by molar-refractivity contribution is 9.12. The summed E-state index contributed by atoms with van der Waals surface area (Å²) >= 11 is 3.13. The monoisotopic (exact) mass is 365 g/mol. The molecule has 1 aromatic rings. The van der Waals surface area contributed by atoms with Crippen molar-refractivity contribution in [3.8, 4) is 0 Å². The van der Waals surface area contributed by atoms with Gasteiger partial charge in [-0.2, -0.15) is 0 Å². The maximum absolute atomic E-state index is 12.4. The largest absolute Gasteiger partial charge is 0.427 e. The molecule has 1 saturated heterocycles. The lowest BCUT2D eigenvalue weighted by Crippen LogP contribution is -2.35. The van der Waals surface area contributed by atoms with E-state index in [1.807, 2.05) is 4.90 Å².